The third kappa shape index (κ3) is 9.80. The van der Waals surface area contributed by atoms with Gasteiger partial charge in [0.25, 0.3) is 0 Å². The molecule has 0 bridgehead atoms. The number of esters is 1. The average molecular weight is 405 g/mol. The fraction of sp³-hybridized carbons (Fsp3) is 0.900. The van der Waals surface area contributed by atoms with Crippen molar-refractivity contribution in [2.75, 3.05) is 7.11 Å². The Labute approximate surface area is 157 Å². The molecule has 0 amide bonds. The Morgan fingerprint density at radius 3 is 1.92 bits per heavy atom. The van der Waals surface area contributed by atoms with Gasteiger partial charge >= 0.3 is 5.97 Å². The SMILES string of the molecule is CCCCCCCCCC[C@@](C)(Br)C(=O)[C@H](CCCC)C(=O)OC. The van der Waals surface area contributed by atoms with Crippen LogP contribution in [0.3, 0.4) is 0 Å². The van der Waals surface area contributed by atoms with Crippen LogP contribution in [0.5, 0.6) is 0 Å². The summed E-state index contributed by atoms with van der Waals surface area (Å²) in [5.41, 5.74) is 0. The molecule has 0 N–H and O–H groups in total. The quantitative estimate of drug-likeness (QED) is 0.141. The van der Waals surface area contributed by atoms with Crippen molar-refractivity contribution >= 4 is 27.7 Å². The van der Waals surface area contributed by atoms with E-state index in [0.717, 1.165) is 32.1 Å². The maximum atomic E-state index is 12.8. The average Bonchev–Trinajstić information content (AvgIpc) is 2.56. The molecule has 0 aromatic heterocycles. The van der Waals surface area contributed by atoms with E-state index in [1.807, 2.05) is 6.92 Å². The molecule has 24 heavy (non-hydrogen) atoms. The van der Waals surface area contributed by atoms with E-state index in [2.05, 4.69) is 29.8 Å². The summed E-state index contributed by atoms with van der Waals surface area (Å²) in [5.74, 6) is -1.05. The van der Waals surface area contributed by atoms with Gasteiger partial charge in [0.1, 0.15) is 5.92 Å². The minimum absolute atomic E-state index is 0.0225. The summed E-state index contributed by atoms with van der Waals surface area (Å²) in [5, 5.41) is 0. The molecule has 0 aliphatic carbocycles. The number of ether oxygens (including phenoxy) is 1. The molecule has 142 valence electrons. The number of hydrogen-bond acceptors (Lipinski definition) is 3. The molecule has 0 saturated carbocycles. The van der Waals surface area contributed by atoms with Crippen molar-refractivity contribution in [3.05, 3.63) is 0 Å². The predicted molar refractivity (Wildman–Crippen MR) is 105 cm³/mol. The highest BCUT2D eigenvalue weighted by Crippen LogP contribution is 2.31. The van der Waals surface area contributed by atoms with Crippen LogP contribution in [0.15, 0.2) is 0 Å². The third-order valence-corrected chi connectivity index (χ3v) is 5.45. The maximum absolute atomic E-state index is 12.8. The van der Waals surface area contributed by atoms with E-state index in [9.17, 15) is 9.59 Å². The molecule has 0 saturated heterocycles. The Morgan fingerprint density at radius 1 is 0.917 bits per heavy atom. The monoisotopic (exact) mass is 404 g/mol. The Balaban J connectivity index is 4.25. The van der Waals surface area contributed by atoms with E-state index in [-0.39, 0.29) is 5.78 Å². The lowest BCUT2D eigenvalue weighted by molar-refractivity contribution is -0.150. The van der Waals surface area contributed by atoms with Gasteiger partial charge in [-0.1, -0.05) is 94.0 Å². The second kappa shape index (κ2) is 13.9. The summed E-state index contributed by atoms with van der Waals surface area (Å²) in [6.07, 6.45) is 13.2. The molecule has 2 atom stereocenters. The molecule has 0 heterocycles. The van der Waals surface area contributed by atoms with Crippen LogP contribution in [0.25, 0.3) is 0 Å². The van der Waals surface area contributed by atoms with E-state index in [1.165, 1.54) is 45.6 Å². The normalized spacial score (nSPS) is 14.9. The van der Waals surface area contributed by atoms with Crippen molar-refractivity contribution in [1.29, 1.82) is 0 Å². The molecule has 3 nitrogen and oxygen atoms in total. The molecular weight excluding hydrogens is 368 g/mol. The number of carbonyl (C=O) groups excluding carboxylic acids is 2. The number of methoxy groups -OCH3 is 1. The molecule has 4 heteroatoms. The zero-order chi connectivity index (χ0) is 18.4. The molecule has 0 radical (unpaired) electrons. The third-order valence-electron chi connectivity index (χ3n) is 4.66. The second-order valence-electron chi connectivity index (χ2n) is 7.00. The van der Waals surface area contributed by atoms with Crippen molar-refractivity contribution in [2.45, 2.75) is 102 Å². The molecule has 0 aliphatic heterocycles. The predicted octanol–water partition coefficient (Wildman–Crippen LogP) is 6.22. The van der Waals surface area contributed by atoms with Crippen LogP contribution in [-0.4, -0.2) is 23.2 Å². The summed E-state index contributed by atoms with van der Waals surface area (Å²) in [6, 6.07) is 0. The highest BCUT2D eigenvalue weighted by atomic mass is 79.9. The van der Waals surface area contributed by atoms with Gasteiger partial charge in [-0.15, -0.1) is 0 Å². The molecule has 0 rings (SSSR count). The summed E-state index contributed by atoms with van der Waals surface area (Å²) < 4.78 is 4.21. The number of carbonyl (C=O) groups is 2. The van der Waals surface area contributed by atoms with Gasteiger partial charge in [-0.2, -0.15) is 0 Å². The van der Waals surface area contributed by atoms with Crippen LogP contribution in [-0.2, 0) is 14.3 Å². The van der Waals surface area contributed by atoms with Crippen LogP contribution in [0, 0.1) is 5.92 Å². The van der Waals surface area contributed by atoms with Gasteiger partial charge in [-0.3, -0.25) is 9.59 Å². The van der Waals surface area contributed by atoms with Crippen LogP contribution in [0.1, 0.15) is 97.8 Å². The lowest BCUT2D eigenvalue weighted by atomic mass is 9.87. The molecule has 0 fully saturated rings. The van der Waals surface area contributed by atoms with Gasteiger partial charge in [-0.25, -0.2) is 0 Å². The van der Waals surface area contributed by atoms with Gasteiger partial charge in [0.15, 0.2) is 5.78 Å². The molecule has 0 unspecified atom stereocenters. The van der Waals surface area contributed by atoms with Gasteiger partial charge in [-0.05, 0) is 19.8 Å². The number of unbranched alkanes of at least 4 members (excludes halogenated alkanes) is 8. The van der Waals surface area contributed by atoms with E-state index in [4.69, 9.17) is 4.74 Å². The largest absolute Gasteiger partial charge is 0.468 e. The first-order chi connectivity index (χ1) is 11.4. The van der Waals surface area contributed by atoms with Crippen LogP contribution in [0.2, 0.25) is 0 Å². The Kier molecular flexibility index (Phi) is 13.6. The molecule has 0 aromatic carbocycles. The topological polar surface area (TPSA) is 43.4 Å². The molecule has 0 spiro atoms. The van der Waals surface area contributed by atoms with Crippen molar-refractivity contribution in [2.24, 2.45) is 5.92 Å². The lowest BCUT2D eigenvalue weighted by Gasteiger charge is -2.25. The van der Waals surface area contributed by atoms with Gasteiger partial charge < -0.3 is 4.74 Å². The Hall–Kier alpha value is -0.380. The number of rotatable bonds is 15. The summed E-state index contributed by atoms with van der Waals surface area (Å²) in [6.45, 7) is 6.20. The lowest BCUT2D eigenvalue weighted by Crippen LogP contribution is -2.38. The van der Waals surface area contributed by atoms with Gasteiger partial charge in [0, 0.05) is 0 Å². The first-order valence-electron chi connectivity index (χ1n) is 9.71. The summed E-state index contributed by atoms with van der Waals surface area (Å²) >= 11 is 3.58. The highest BCUT2D eigenvalue weighted by molar-refractivity contribution is 9.10. The molecular formula is C20H37BrO3. The maximum Gasteiger partial charge on any atom is 0.316 e. The standard InChI is InChI=1S/C20H37BrO3/c1-5-7-9-10-11-12-13-14-16-20(3,21)18(22)17(15-8-6-2)19(23)24-4/h17H,5-16H2,1-4H3/t17-,20+/m0/s1. The van der Waals surface area contributed by atoms with E-state index in [1.54, 1.807) is 0 Å². The molecule has 0 aromatic rings. The zero-order valence-electron chi connectivity index (χ0n) is 16.2. The number of alkyl halides is 1. The fourth-order valence-electron chi connectivity index (χ4n) is 2.98. The highest BCUT2D eigenvalue weighted by Gasteiger charge is 2.38. The van der Waals surface area contributed by atoms with Crippen molar-refractivity contribution in [3.63, 3.8) is 0 Å². The smallest absolute Gasteiger partial charge is 0.316 e. The number of hydrogen-bond donors (Lipinski definition) is 0. The number of ketones is 1. The van der Waals surface area contributed by atoms with Crippen LogP contribution >= 0.6 is 15.9 Å². The summed E-state index contributed by atoms with van der Waals surface area (Å²) in [4.78, 5) is 24.7. The van der Waals surface area contributed by atoms with E-state index < -0.39 is 16.2 Å². The van der Waals surface area contributed by atoms with Gasteiger partial charge in [0.2, 0.25) is 0 Å². The van der Waals surface area contributed by atoms with Crippen molar-refractivity contribution in [1.82, 2.24) is 0 Å². The van der Waals surface area contributed by atoms with Crippen molar-refractivity contribution < 1.29 is 14.3 Å². The first-order valence-corrected chi connectivity index (χ1v) is 10.5. The van der Waals surface area contributed by atoms with E-state index in [0.29, 0.717) is 6.42 Å². The Bertz CT molecular complexity index is 353. The number of Topliss-reactive ketones (excluding diaryl/α,β-unsaturated/α-hetero) is 1. The van der Waals surface area contributed by atoms with Crippen LogP contribution < -0.4 is 0 Å². The van der Waals surface area contributed by atoms with Gasteiger partial charge in [0.05, 0.1) is 11.4 Å². The van der Waals surface area contributed by atoms with E-state index >= 15 is 0 Å². The minimum atomic E-state index is -0.631. The Morgan fingerprint density at radius 2 is 1.42 bits per heavy atom. The first kappa shape index (κ1) is 23.6. The van der Waals surface area contributed by atoms with Crippen molar-refractivity contribution in [3.8, 4) is 0 Å². The summed E-state index contributed by atoms with van der Waals surface area (Å²) in [7, 11) is 1.36. The zero-order valence-corrected chi connectivity index (χ0v) is 17.8. The number of halogens is 1. The van der Waals surface area contributed by atoms with Crippen LogP contribution in [0.4, 0.5) is 0 Å². The molecule has 0 aliphatic rings. The minimum Gasteiger partial charge on any atom is -0.468 e. The second-order valence-corrected chi connectivity index (χ2v) is 8.75. The fourth-order valence-corrected chi connectivity index (χ4v) is 3.54.